The molecule has 0 aliphatic carbocycles. The molecule has 3 nitrogen and oxygen atoms in total. The number of nitrogens with zero attached hydrogens (tertiary/aromatic N) is 3. The van der Waals surface area contributed by atoms with Crippen molar-refractivity contribution in [1.82, 2.24) is 14.1 Å². The molecule has 3 heterocycles. The van der Waals surface area contributed by atoms with Gasteiger partial charge in [0, 0.05) is 37.5 Å². The van der Waals surface area contributed by atoms with Crippen molar-refractivity contribution in [1.29, 1.82) is 0 Å². The minimum absolute atomic E-state index is 0.556. The summed E-state index contributed by atoms with van der Waals surface area (Å²) in [6.45, 7) is 2.29. The van der Waals surface area contributed by atoms with Crippen molar-refractivity contribution in [2.75, 3.05) is 0 Å². The normalized spacial score (nSPS) is 14.6. The Morgan fingerprint density at radius 3 is 1.89 bits per heavy atom. The van der Waals surface area contributed by atoms with E-state index in [4.69, 9.17) is 4.98 Å². The summed E-state index contributed by atoms with van der Waals surface area (Å²) in [5.41, 5.74) is 16.5. The van der Waals surface area contributed by atoms with Gasteiger partial charge < -0.3 is 4.57 Å². The van der Waals surface area contributed by atoms with E-state index >= 15 is 0 Å². The number of aryl methyl sites for hydroxylation is 3. The van der Waals surface area contributed by atoms with Crippen LogP contribution in [0, 0.1) is 6.92 Å². The van der Waals surface area contributed by atoms with E-state index in [-0.39, 0.29) is 0 Å². The maximum absolute atomic E-state index is 5.17. The molecular weight excluding hydrogens is 783 g/mol. The minimum Gasteiger partial charge on any atom is -0.309 e. The van der Waals surface area contributed by atoms with Gasteiger partial charge in [-0.25, -0.2) is 4.98 Å². The van der Waals surface area contributed by atoms with E-state index in [1.807, 2.05) is 11.8 Å². The van der Waals surface area contributed by atoms with Crippen LogP contribution in [0.5, 0.6) is 0 Å². The Morgan fingerprint density at radius 2 is 1.08 bits per heavy atom. The summed E-state index contributed by atoms with van der Waals surface area (Å²) in [6.07, 6.45) is 1.92. The van der Waals surface area contributed by atoms with Crippen molar-refractivity contribution in [3.05, 3.63) is 257 Å². The van der Waals surface area contributed by atoms with E-state index in [0.29, 0.717) is 0 Å². The van der Waals surface area contributed by atoms with E-state index in [9.17, 15) is 0 Å². The van der Waals surface area contributed by atoms with Crippen LogP contribution in [-0.2, 0) is 18.3 Å². The van der Waals surface area contributed by atoms with Crippen LogP contribution in [-0.4, -0.2) is 14.1 Å². The van der Waals surface area contributed by atoms with Gasteiger partial charge in [-0.2, -0.15) is 0 Å². The fraction of sp³-hybridized carbons (Fsp3) is 0.0678. The number of hydrogen-bond donors (Lipinski definition) is 0. The average Bonchev–Trinajstić information content (AvgIpc) is 3.89. The van der Waals surface area contributed by atoms with Gasteiger partial charge in [-0.05, 0) is 132 Å². The number of aromatic nitrogens is 3. The molecule has 1 atom stereocenters. The van der Waals surface area contributed by atoms with Gasteiger partial charge in [0.15, 0.2) is 0 Å². The number of hydrogen-bond acceptors (Lipinski definition) is 2. The Hall–Kier alpha value is -7.40. The number of imidazole rings is 1. The summed E-state index contributed by atoms with van der Waals surface area (Å²) in [5.74, 6) is 0.928. The standard InChI is InChI=1S/C59H43N3S/c1-40-18-8-11-25-48(40)59(49-26-12-9-21-42(49)33-32-41-19-4-2-5-20-41)50-27-13-17-31-56(50)63-57-39-55-47(38-51(57)59)46-24-10-15-29-53(46)61(55)45-36-34-43(35-37-45)58-60-52-28-14-16-30-54(52)62(58)44-22-6-3-7-23-44/h2-31,34-39H,32-33H2,1H3. The van der Waals surface area contributed by atoms with Crippen molar-refractivity contribution in [3.63, 3.8) is 0 Å². The summed E-state index contributed by atoms with van der Waals surface area (Å²) in [4.78, 5) is 7.74. The topological polar surface area (TPSA) is 22.8 Å². The lowest BCUT2D eigenvalue weighted by molar-refractivity contribution is 0.686. The van der Waals surface area contributed by atoms with Gasteiger partial charge in [0.1, 0.15) is 5.82 Å². The third kappa shape index (κ3) is 6.01. The van der Waals surface area contributed by atoms with Crippen molar-refractivity contribution in [3.8, 4) is 22.8 Å². The first-order valence-electron chi connectivity index (χ1n) is 21.8. The summed E-state index contributed by atoms with van der Waals surface area (Å²) in [5, 5.41) is 2.49. The van der Waals surface area contributed by atoms with Gasteiger partial charge in [-0.1, -0.05) is 157 Å². The van der Waals surface area contributed by atoms with E-state index in [1.54, 1.807) is 0 Å². The number of benzene rings is 9. The Bertz CT molecular complexity index is 3480. The van der Waals surface area contributed by atoms with Crippen LogP contribution < -0.4 is 0 Å². The van der Waals surface area contributed by atoms with Crippen LogP contribution in [0.4, 0.5) is 0 Å². The van der Waals surface area contributed by atoms with Crippen molar-refractivity contribution in [2.24, 2.45) is 0 Å². The van der Waals surface area contributed by atoms with Crippen LogP contribution in [0.15, 0.2) is 228 Å². The quantitative estimate of drug-likeness (QED) is 0.152. The van der Waals surface area contributed by atoms with E-state index in [1.165, 1.54) is 70.5 Å². The van der Waals surface area contributed by atoms with Crippen molar-refractivity contribution >= 4 is 44.6 Å². The van der Waals surface area contributed by atoms with Crippen LogP contribution in [0.1, 0.15) is 38.9 Å². The molecule has 0 spiro atoms. The lowest BCUT2D eigenvalue weighted by Crippen LogP contribution is -2.36. The Morgan fingerprint density at radius 1 is 0.444 bits per heavy atom. The third-order valence-corrected chi connectivity index (χ3v) is 14.3. The molecule has 11 aromatic rings. The van der Waals surface area contributed by atoms with Crippen LogP contribution >= 0.6 is 11.8 Å². The second-order valence-electron chi connectivity index (χ2n) is 16.7. The fourth-order valence-corrected chi connectivity index (χ4v) is 11.6. The van der Waals surface area contributed by atoms with E-state index in [0.717, 1.165) is 46.6 Å². The highest BCUT2D eigenvalue weighted by molar-refractivity contribution is 7.99. The molecule has 0 bridgehead atoms. The van der Waals surface area contributed by atoms with Crippen molar-refractivity contribution in [2.45, 2.75) is 35.0 Å². The first-order chi connectivity index (χ1) is 31.2. The lowest BCUT2D eigenvalue weighted by atomic mass is 9.62. The minimum atomic E-state index is -0.556. The molecule has 63 heavy (non-hydrogen) atoms. The SMILES string of the molecule is Cc1ccccc1C1(c2ccccc2CCc2ccccc2)c2ccccc2Sc2cc3c(cc21)c1ccccc1n3-c1ccc(-c2nc3ccccc3n2-c2ccccc2)cc1. The summed E-state index contributed by atoms with van der Waals surface area (Å²) >= 11 is 1.90. The monoisotopic (exact) mass is 825 g/mol. The molecule has 0 saturated carbocycles. The zero-order chi connectivity index (χ0) is 41.9. The molecule has 1 unspecified atom stereocenters. The van der Waals surface area contributed by atoms with Crippen LogP contribution in [0.3, 0.4) is 0 Å². The molecule has 1 aliphatic heterocycles. The number of para-hydroxylation sites is 4. The van der Waals surface area contributed by atoms with Gasteiger partial charge in [-0.3, -0.25) is 4.57 Å². The maximum Gasteiger partial charge on any atom is 0.145 e. The maximum atomic E-state index is 5.17. The van der Waals surface area contributed by atoms with Crippen molar-refractivity contribution < 1.29 is 0 Å². The van der Waals surface area contributed by atoms with Gasteiger partial charge in [-0.15, -0.1) is 0 Å². The van der Waals surface area contributed by atoms with Gasteiger partial charge in [0.2, 0.25) is 0 Å². The van der Waals surface area contributed by atoms with Gasteiger partial charge in [0.25, 0.3) is 0 Å². The Balaban J connectivity index is 1.08. The molecule has 2 aromatic heterocycles. The first kappa shape index (κ1) is 37.4. The highest BCUT2D eigenvalue weighted by Crippen LogP contribution is 2.58. The highest BCUT2D eigenvalue weighted by Gasteiger charge is 2.46. The molecular formula is C59H43N3S. The van der Waals surface area contributed by atoms with Gasteiger partial charge in [0.05, 0.1) is 27.5 Å². The molecule has 12 rings (SSSR count). The second kappa shape index (κ2) is 15.2. The first-order valence-corrected chi connectivity index (χ1v) is 22.7. The molecule has 300 valence electrons. The molecule has 9 aromatic carbocycles. The number of rotatable bonds is 8. The predicted octanol–water partition coefficient (Wildman–Crippen LogP) is 14.7. The van der Waals surface area contributed by atoms with Crippen LogP contribution in [0.25, 0.3) is 55.6 Å². The molecule has 0 fully saturated rings. The van der Waals surface area contributed by atoms with E-state index in [2.05, 4.69) is 234 Å². The highest BCUT2D eigenvalue weighted by atomic mass is 32.2. The Kier molecular flexibility index (Phi) is 9.01. The average molecular weight is 826 g/mol. The molecule has 0 saturated heterocycles. The smallest absolute Gasteiger partial charge is 0.145 e. The lowest BCUT2D eigenvalue weighted by Gasteiger charge is -2.43. The zero-order valence-corrected chi connectivity index (χ0v) is 35.8. The van der Waals surface area contributed by atoms with Crippen LogP contribution in [0.2, 0.25) is 0 Å². The molecule has 1 aliphatic rings. The predicted molar refractivity (Wildman–Crippen MR) is 262 cm³/mol. The summed E-state index contributed by atoms with van der Waals surface area (Å²) in [6, 6.07) is 80.2. The van der Waals surface area contributed by atoms with E-state index < -0.39 is 5.41 Å². The second-order valence-corrected chi connectivity index (χ2v) is 17.7. The molecule has 0 radical (unpaired) electrons. The van der Waals surface area contributed by atoms with Gasteiger partial charge >= 0.3 is 0 Å². The molecule has 0 amide bonds. The summed E-state index contributed by atoms with van der Waals surface area (Å²) in [7, 11) is 0. The number of fused-ring (bicyclic) bond motifs is 6. The third-order valence-electron chi connectivity index (χ3n) is 13.1. The Labute approximate surface area is 372 Å². The fourth-order valence-electron chi connectivity index (χ4n) is 10.3. The summed E-state index contributed by atoms with van der Waals surface area (Å²) < 4.78 is 4.73. The molecule has 4 heteroatoms. The molecule has 0 N–H and O–H groups in total. The zero-order valence-electron chi connectivity index (χ0n) is 34.9. The largest absolute Gasteiger partial charge is 0.309 e.